The zero-order chi connectivity index (χ0) is 18.8. The summed E-state index contributed by atoms with van der Waals surface area (Å²) in [5, 5.41) is 4.98. The number of benzene rings is 2. The fraction of sp³-hybridized carbons (Fsp3) is 0.105. The molecule has 2 N–H and O–H groups in total. The van der Waals surface area contributed by atoms with Crippen LogP contribution in [0.1, 0.15) is 0 Å². The van der Waals surface area contributed by atoms with Crippen molar-refractivity contribution in [1.82, 2.24) is 15.0 Å². The number of anilines is 1. The number of halogens is 1. The summed E-state index contributed by atoms with van der Waals surface area (Å²) in [6.07, 6.45) is 1.50. The molecule has 2 heterocycles. The van der Waals surface area contributed by atoms with Crippen molar-refractivity contribution in [1.29, 1.82) is 0 Å². The topological polar surface area (TPSA) is 79.9 Å². The molecule has 0 atom stereocenters. The molecule has 0 aliphatic rings. The molecule has 4 rings (SSSR count). The van der Waals surface area contributed by atoms with E-state index < -0.39 is 0 Å². The molecule has 0 spiro atoms. The van der Waals surface area contributed by atoms with Gasteiger partial charge in [-0.1, -0.05) is 35.5 Å². The normalized spacial score (nSPS) is 11.0. The predicted molar refractivity (Wildman–Crippen MR) is 109 cm³/mol. The van der Waals surface area contributed by atoms with Crippen LogP contribution in [0.15, 0.2) is 53.8 Å². The number of methoxy groups -OCH3 is 1. The summed E-state index contributed by atoms with van der Waals surface area (Å²) in [7, 11) is 1.63. The van der Waals surface area contributed by atoms with Crippen molar-refractivity contribution >= 4 is 56.9 Å². The minimum Gasteiger partial charge on any atom is -0.497 e. The molecule has 8 heteroatoms. The van der Waals surface area contributed by atoms with E-state index in [1.165, 1.54) is 18.1 Å². The van der Waals surface area contributed by atoms with Crippen molar-refractivity contribution in [3.8, 4) is 5.75 Å². The number of para-hydroxylation sites is 1. The minimum absolute atomic E-state index is 0.155. The molecule has 1 amide bonds. The summed E-state index contributed by atoms with van der Waals surface area (Å²) >= 11 is 7.42. The molecule has 0 radical (unpaired) electrons. The summed E-state index contributed by atoms with van der Waals surface area (Å²) in [5.41, 5.74) is 3.13. The van der Waals surface area contributed by atoms with Crippen molar-refractivity contribution in [2.24, 2.45) is 0 Å². The average molecular weight is 399 g/mol. The minimum atomic E-state index is -0.155. The van der Waals surface area contributed by atoms with Crippen molar-refractivity contribution < 1.29 is 9.53 Å². The first kappa shape index (κ1) is 17.6. The van der Waals surface area contributed by atoms with Crippen LogP contribution in [0.4, 0.5) is 5.69 Å². The van der Waals surface area contributed by atoms with Gasteiger partial charge in [0, 0.05) is 10.9 Å². The van der Waals surface area contributed by atoms with Crippen LogP contribution in [-0.4, -0.2) is 33.7 Å². The van der Waals surface area contributed by atoms with E-state index in [2.05, 4.69) is 20.3 Å². The van der Waals surface area contributed by atoms with E-state index >= 15 is 0 Å². The molecule has 0 aliphatic carbocycles. The Morgan fingerprint density at radius 1 is 1.26 bits per heavy atom. The molecule has 2 aromatic carbocycles. The highest BCUT2D eigenvalue weighted by molar-refractivity contribution is 8.00. The number of rotatable bonds is 5. The second kappa shape index (κ2) is 7.46. The number of aromatic amines is 1. The highest BCUT2D eigenvalue weighted by Gasteiger charge is 2.13. The summed E-state index contributed by atoms with van der Waals surface area (Å²) < 4.78 is 5.29. The van der Waals surface area contributed by atoms with Gasteiger partial charge in [-0.2, -0.15) is 0 Å². The van der Waals surface area contributed by atoms with Gasteiger partial charge in [-0.25, -0.2) is 9.97 Å². The highest BCUT2D eigenvalue weighted by Crippen LogP contribution is 2.31. The third kappa shape index (κ3) is 3.56. The number of hydrogen-bond donors (Lipinski definition) is 2. The fourth-order valence-corrected chi connectivity index (χ4v) is 3.71. The molecule has 2 aromatic heterocycles. The molecule has 0 bridgehead atoms. The van der Waals surface area contributed by atoms with Gasteiger partial charge in [0.2, 0.25) is 5.91 Å². The number of nitrogens with zero attached hydrogens (tertiary/aromatic N) is 2. The van der Waals surface area contributed by atoms with E-state index in [-0.39, 0.29) is 11.7 Å². The van der Waals surface area contributed by atoms with Crippen LogP contribution in [0, 0.1) is 0 Å². The van der Waals surface area contributed by atoms with Crippen LogP contribution in [0.3, 0.4) is 0 Å². The number of H-pyrrole nitrogens is 1. The van der Waals surface area contributed by atoms with Crippen LogP contribution >= 0.6 is 23.4 Å². The highest BCUT2D eigenvalue weighted by atomic mass is 35.5. The lowest BCUT2D eigenvalue weighted by Gasteiger charge is -2.06. The SMILES string of the molecule is COc1ccc2[nH]c3c(SCC(=O)Nc4ccccc4Cl)ncnc3c2c1. The number of carbonyl (C=O) groups excluding carboxylic acids is 1. The van der Waals surface area contributed by atoms with E-state index in [1.807, 2.05) is 30.3 Å². The lowest BCUT2D eigenvalue weighted by molar-refractivity contribution is -0.113. The first-order valence-corrected chi connectivity index (χ1v) is 9.49. The summed E-state index contributed by atoms with van der Waals surface area (Å²) in [5.74, 6) is 0.809. The van der Waals surface area contributed by atoms with Crippen LogP contribution in [-0.2, 0) is 4.79 Å². The molecular weight excluding hydrogens is 384 g/mol. The van der Waals surface area contributed by atoms with Gasteiger partial charge in [0.25, 0.3) is 0 Å². The van der Waals surface area contributed by atoms with Gasteiger partial charge >= 0.3 is 0 Å². The van der Waals surface area contributed by atoms with E-state index in [0.29, 0.717) is 15.7 Å². The van der Waals surface area contributed by atoms with Crippen molar-refractivity contribution in [2.45, 2.75) is 5.03 Å². The molecule has 136 valence electrons. The molecule has 0 fully saturated rings. The fourth-order valence-electron chi connectivity index (χ4n) is 2.77. The van der Waals surface area contributed by atoms with Gasteiger partial charge in [-0.05, 0) is 30.3 Å². The Morgan fingerprint density at radius 2 is 2.11 bits per heavy atom. The molecule has 27 heavy (non-hydrogen) atoms. The Labute approximate surface area is 164 Å². The Morgan fingerprint density at radius 3 is 2.93 bits per heavy atom. The van der Waals surface area contributed by atoms with Crippen molar-refractivity contribution in [3.05, 3.63) is 53.8 Å². The van der Waals surface area contributed by atoms with Gasteiger partial charge < -0.3 is 15.0 Å². The van der Waals surface area contributed by atoms with Crippen LogP contribution in [0.5, 0.6) is 5.75 Å². The molecule has 4 aromatic rings. The van der Waals surface area contributed by atoms with Crippen molar-refractivity contribution in [3.63, 3.8) is 0 Å². The Balaban J connectivity index is 1.57. The number of nitrogens with one attached hydrogen (secondary N) is 2. The standard InChI is InChI=1S/C19H15ClN4O2S/c1-26-11-6-7-14-12(8-11)17-18(24-14)19(22-10-21-17)27-9-16(25)23-15-5-3-2-4-13(15)20/h2-8,10,24H,9H2,1H3,(H,23,25). The molecule has 6 nitrogen and oxygen atoms in total. The first-order chi connectivity index (χ1) is 13.2. The Kier molecular flexibility index (Phi) is 4.87. The van der Waals surface area contributed by atoms with E-state index in [9.17, 15) is 4.79 Å². The van der Waals surface area contributed by atoms with Crippen LogP contribution in [0.2, 0.25) is 5.02 Å². The van der Waals surface area contributed by atoms with E-state index in [4.69, 9.17) is 16.3 Å². The molecular formula is C19H15ClN4O2S. The third-order valence-corrected chi connectivity index (χ3v) is 5.36. The first-order valence-electron chi connectivity index (χ1n) is 8.13. The predicted octanol–water partition coefficient (Wildman–Crippen LogP) is 4.50. The summed E-state index contributed by atoms with van der Waals surface area (Å²) in [6.45, 7) is 0. The lowest BCUT2D eigenvalue weighted by atomic mass is 10.2. The second-order valence-corrected chi connectivity index (χ2v) is 7.13. The average Bonchev–Trinajstić information content (AvgIpc) is 3.06. The Hall–Kier alpha value is -2.77. The van der Waals surface area contributed by atoms with Gasteiger partial charge in [0.1, 0.15) is 22.6 Å². The number of carbonyl (C=O) groups is 1. The van der Waals surface area contributed by atoms with Gasteiger partial charge in [0.05, 0.1) is 29.1 Å². The monoisotopic (exact) mass is 398 g/mol. The molecule has 0 unspecified atom stereocenters. The van der Waals surface area contributed by atoms with Gasteiger partial charge in [-0.3, -0.25) is 4.79 Å². The van der Waals surface area contributed by atoms with Crippen LogP contribution in [0.25, 0.3) is 21.9 Å². The lowest BCUT2D eigenvalue weighted by Crippen LogP contribution is -2.14. The third-order valence-electron chi connectivity index (χ3n) is 4.04. The van der Waals surface area contributed by atoms with Gasteiger partial charge in [0.15, 0.2) is 0 Å². The largest absolute Gasteiger partial charge is 0.497 e. The van der Waals surface area contributed by atoms with Crippen molar-refractivity contribution in [2.75, 3.05) is 18.2 Å². The molecule has 0 aliphatic heterocycles. The number of amides is 1. The zero-order valence-electron chi connectivity index (χ0n) is 14.3. The number of thioether (sulfide) groups is 1. The number of fused-ring (bicyclic) bond motifs is 3. The van der Waals surface area contributed by atoms with Gasteiger partial charge in [-0.15, -0.1) is 0 Å². The maximum atomic E-state index is 12.3. The maximum Gasteiger partial charge on any atom is 0.234 e. The van der Waals surface area contributed by atoms with Crippen LogP contribution < -0.4 is 10.1 Å². The number of ether oxygens (including phenoxy) is 1. The summed E-state index contributed by atoms with van der Waals surface area (Å²) in [4.78, 5) is 24.3. The number of aromatic nitrogens is 3. The molecule has 0 saturated heterocycles. The summed E-state index contributed by atoms with van der Waals surface area (Å²) in [6, 6.07) is 12.9. The second-order valence-electron chi connectivity index (χ2n) is 5.76. The number of hydrogen-bond acceptors (Lipinski definition) is 5. The molecule has 0 saturated carbocycles. The van der Waals surface area contributed by atoms with E-state index in [0.717, 1.165) is 27.7 Å². The zero-order valence-corrected chi connectivity index (χ0v) is 15.9. The smallest absolute Gasteiger partial charge is 0.234 e. The quantitative estimate of drug-likeness (QED) is 0.382. The van der Waals surface area contributed by atoms with E-state index in [1.54, 1.807) is 19.2 Å². The Bertz CT molecular complexity index is 1150. The maximum absolute atomic E-state index is 12.3.